The Morgan fingerprint density at radius 2 is 2.14 bits per heavy atom. The predicted octanol–water partition coefficient (Wildman–Crippen LogP) is 3.57. The van der Waals surface area contributed by atoms with E-state index in [1.54, 1.807) is 6.20 Å². The molecule has 0 spiro atoms. The van der Waals surface area contributed by atoms with Crippen LogP contribution in [0.25, 0.3) is 0 Å². The van der Waals surface area contributed by atoms with Crippen molar-refractivity contribution in [2.75, 3.05) is 0 Å². The third kappa shape index (κ3) is 4.06. The minimum atomic E-state index is 0.00376. The molecule has 1 atom stereocenters. The van der Waals surface area contributed by atoms with E-state index in [1.165, 1.54) is 0 Å². The highest BCUT2D eigenvalue weighted by atomic mass is 16.5. The highest BCUT2D eigenvalue weighted by molar-refractivity contribution is 5.79. The summed E-state index contributed by atoms with van der Waals surface area (Å²) in [5.74, 6) is 1.45. The van der Waals surface area contributed by atoms with Crippen molar-refractivity contribution in [3.8, 4) is 11.6 Å². The standard InChI is InChI=1S/C22H24N4O2/c1-15-3-4-16(2)20(9-15)28-21-6-5-17(11-24-21)12-25-22(27)18-7-8-26-14-23-13-19(26)10-18/h3-6,9,11,13-14,18H,7-8,10,12H2,1-2H3,(H,25,27)/t18-/m0/s1. The van der Waals surface area contributed by atoms with Gasteiger partial charge in [-0.1, -0.05) is 18.2 Å². The van der Waals surface area contributed by atoms with Gasteiger partial charge in [0.2, 0.25) is 11.8 Å². The molecule has 0 bridgehead atoms. The maximum atomic E-state index is 12.5. The zero-order chi connectivity index (χ0) is 19.5. The van der Waals surface area contributed by atoms with Gasteiger partial charge in [-0.25, -0.2) is 9.97 Å². The van der Waals surface area contributed by atoms with Crippen molar-refractivity contribution >= 4 is 5.91 Å². The number of amides is 1. The van der Waals surface area contributed by atoms with Crippen LogP contribution < -0.4 is 10.1 Å². The molecule has 0 radical (unpaired) electrons. The minimum absolute atomic E-state index is 0.00376. The maximum Gasteiger partial charge on any atom is 0.223 e. The van der Waals surface area contributed by atoms with Crippen LogP contribution in [-0.4, -0.2) is 20.4 Å². The summed E-state index contributed by atoms with van der Waals surface area (Å²) in [6.45, 7) is 5.35. The van der Waals surface area contributed by atoms with Crippen LogP contribution in [0.3, 0.4) is 0 Å². The van der Waals surface area contributed by atoms with Crippen LogP contribution >= 0.6 is 0 Å². The zero-order valence-electron chi connectivity index (χ0n) is 16.2. The summed E-state index contributed by atoms with van der Waals surface area (Å²) in [4.78, 5) is 21.0. The Bertz CT molecular complexity index is 978. The van der Waals surface area contributed by atoms with Crippen LogP contribution in [0.4, 0.5) is 0 Å². The number of carbonyl (C=O) groups excluding carboxylic acids is 1. The molecule has 6 nitrogen and oxygen atoms in total. The quantitative estimate of drug-likeness (QED) is 0.739. The summed E-state index contributed by atoms with van der Waals surface area (Å²) in [5, 5.41) is 3.03. The van der Waals surface area contributed by atoms with Gasteiger partial charge in [-0.15, -0.1) is 0 Å². The first kappa shape index (κ1) is 18.2. The van der Waals surface area contributed by atoms with Gasteiger partial charge in [0.1, 0.15) is 5.75 Å². The van der Waals surface area contributed by atoms with Crippen LogP contribution in [0.15, 0.2) is 49.1 Å². The van der Waals surface area contributed by atoms with E-state index in [1.807, 2.05) is 50.6 Å². The number of hydrogen-bond acceptors (Lipinski definition) is 4. The molecule has 0 saturated heterocycles. The average Bonchev–Trinajstić information content (AvgIpc) is 3.18. The summed E-state index contributed by atoms with van der Waals surface area (Å²) in [6, 6.07) is 9.86. The van der Waals surface area contributed by atoms with Gasteiger partial charge in [0.25, 0.3) is 0 Å². The highest BCUT2D eigenvalue weighted by Crippen LogP contribution is 2.25. The molecule has 0 saturated carbocycles. The molecule has 1 N–H and O–H groups in total. The Hall–Kier alpha value is -3.15. The lowest BCUT2D eigenvalue weighted by atomic mass is 9.95. The predicted molar refractivity (Wildman–Crippen MR) is 106 cm³/mol. The first-order valence-electron chi connectivity index (χ1n) is 9.55. The Kier molecular flexibility index (Phi) is 5.10. The third-order valence-corrected chi connectivity index (χ3v) is 5.17. The number of nitrogens with zero attached hydrogens (tertiary/aromatic N) is 3. The van der Waals surface area contributed by atoms with E-state index in [0.29, 0.717) is 12.4 Å². The van der Waals surface area contributed by atoms with Gasteiger partial charge in [0.05, 0.1) is 6.33 Å². The van der Waals surface area contributed by atoms with E-state index in [2.05, 4.69) is 25.9 Å². The number of benzene rings is 1. The third-order valence-electron chi connectivity index (χ3n) is 5.17. The number of fused-ring (bicyclic) bond motifs is 1. The molecule has 6 heteroatoms. The van der Waals surface area contributed by atoms with E-state index in [-0.39, 0.29) is 11.8 Å². The van der Waals surface area contributed by atoms with Gasteiger partial charge < -0.3 is 14.6 Å². The summed E-state index contributed by atoms with van der Waals surface area (Å²) in [7, 11) is 0. The number of nitrogens with one attached hydrogen (secondary N) is 1. The summed E-state index contributed by atoms with van der Waals surface area (Å²) >= 11 is 0. The Labute approximate surface area is 164 Å². The summed E-state index contributed by atoms with van der Waals surface area (Å²) in [6.07, 6.45) is 7.01. The number of aryl methyl sites for hydroxylation is 3. The van der Waals surface area contributed by atoms with Crippen molar-refractivity contribution in [1.29, 1.82) is 0 Å². The molecular formula is C22H24N4O2. The molecule has 1 aliphatic rings. The lowest BCUT2D eigenvalue weighted by molar-refractivity contribution is -0.125. The maximum absolute atomic E-state index is 12.5. The molecule has 3 heterocycles. The van der Waals surface area contributed by atoms with E-state index in [4.69, 9.17) is 4.74 Å². The van der Waals surface area contributed by atoms with Crippen LogP contribution in [0.2, 0.25) is 0 Å². The molecule has 3 aromatic rings. The molecule has 1 amide bonds. The monoisotopic (exact) mass is 376 g/mol. The topological polar surface area (TPSA) is 69.0 Å². The molecule has 0 aliphatic carbocycles. The second-order valence-corrected chi connectivity index (χ2v) is 7.36. The van der Waals surface area contributed by atoms with Gasteiger partial charge >= 0.3 is 0 Å². The zero-order valence-corrected chi connectivity index (χ0v) is 16.2. The van der Waals surface area contributed by atoms with Crippen LogP contribution in [0.1, 0.15) is 28.8 Å². The van der Waals surface area contributed by atoms with Crippen LogP contribution in [-0.2, 0) is 24.3 Å². The highest BCUT2D eigenvalue weighted by Gasteiger charge is 2.24. The Morgan fingerprint density at radius 1 is 1.25 bits per heavy atom. The number of pyridine rings is 1. The van der Waals surface area contributed by atoms with E-state index in [0.717, 1.165) is 47.5 Å². The SMILES string of the molecule is Cc1ccc(C)c(Oc2ccc(CNC(=O)[C@H]3CCn4cncc4C3)cn2)c1. The molecular weight excluding hydrogens is 352 g/mol. The molecule has 0 fully saturated rings. The Balaban J connectivity index is 1.32. The van der Waals surface area contributed by atoms with Crippen molar-refractivity contribution in [2.45, 2.75) is 39.8 Å². The lowest BCUT2D eigenvalue weighted by Gasteiger charge is -2.23. The van der Waals surface area contributed by atoms with Crippen molar-refractivity contribution in [1.82, 2.24) is 19.9 Å². The number of hydrogen-bond donors (Lipinski definition) is 1. The average molecular weight is 376 g/mol. The molecule has 2 aromatic heterocycles. The van der Waals surface area contributed by atoms with Crippen molar-refractivity contribution in [3.63, 3.8) is 0 Å². The smallest absolute Gasteiger partial charge is 0.223 e. The molecule has 144 valence electrons. The molecule has 4 rings (SSSR count). The van der Waals surface area contributed by atoms with Crippen LogP contribution in [0, 0.1) is 19.8 Å². The molecule has 28 heavy (non-hydrogen) atoms. The van der Waals surface area contributed by atoms with E-state index < -0.39 is 0 Å². The minimum Gasteiger partial charge on any atom is -0.439 e. The fourth-order valence-corrected chi connectivity index (χ4v) is 3.43. The molecule has 1 aromatic carbocycles. The van der Waals surface area contributed by atoms with Crippen LogP contribution in [0.5, 0.6) is 11.6 Å². The fraction of sp³-hybridized carbons (Fsp3) is 0.318. The fourth-order valence-electron chi connectivity index (χ4n) is 3.43. The van der Waals surface area contributed by atoms with Gasteiger partial charge in [-0.3, -0.25) is 4.79 Å². The van der Waals surface area contributed by atoms with Gasteiger partial charge in [0, 0.05) is 49.6 Å². The first-order chi connectivity index (χ1) is 13.6. The Morgan fingerprint density at radius 3 is 2.96 bits per heavy atom. The summed E-state index contributed by atoms with van der Waals surface area (Å²) < 4.78 is 8.00. The lowest BCUT2D eigenvalue weighted by Crippen LogP contribution is -2.34. The van der Waals surface area contributed by atoms with Gasteiger partial charge in [-0.05, 0) is 43.0 Å². The van der Waals surface area contributed by atoms with E-state index >= 15 is 0 Å². The number of imidazole rings is 1. The van der Waals surface area contributed by atoms with Gasteiger partial charge in [-0.2, -0.15) is 0 Å². The first-order valence-corrected chi connectivity index (χ1v) is 9.55. The van der Waals surface area contributed by atoms with Crippen molar-refractivity contribution < 1.29 is 9.53 Å². The number of aromatic nitrogens is 3. The van der Waals surface area contributed by atoms with E-state index in [9.17, 15) is 4.79 Å². The summed E-state index contributed by atoms with van der Waals surface area (Å²) in [5.41, 5.74) is 4.28. The number of carbonyl (C=O) groups is 1. The normalized spacial score (nSPS) is 15.7. The molecule has 0 unspecified atom stereocenters. The largest absolute Gasteiger partial charge is 0.439 e. The number of ether oxygens (including phenoxy) is 1. The molecule has 1 aliphatic heterocycles. The second-order valence-electron chi connectivity index (χ2n) is 7.36. The van der Waals surface area contributed by atoms with Crippen molar-refractivity contribution in [3.05, 3.63) is 71.4 Å². The second kappa shape index (κ2) is 7.84. The van der Waals surface area contributed by atoms with Crippen molar-refractivity contribution in [2.24, 2.45) is 5.92 Å². The number of rotatable bonds is 5. The van der Waals surface area contributed by atoms with Gasteiger partial charge in [0.15, 0.2) is 0 Å².